The van der Waals surface area contributed by atoms with Gasteiger partial charge in [0.25, 0.3) is 6.34 Å². The molecule has 2 nitrogen and oxygen atoms in total. The maximum Gasteiger partial charge on any atom is 0.286 e. The molecular weight excluding hydrogens is 316 g/mol. The van der Waals surface area contributed by atoms with Crippen LogP contribution in [-0.2, 0) is 0 Å². The van der Waals surface area contributed by atoms with Crippen LogP contribution in [0.4, 0.5) is 0 Å². The lowest BCUT2D eigenvalue weighted by atomic mass is 10.0. The Morgan fingerprint density at radius 1 is 0.625 bits per heavy atom. The summed E-state index contributed by atoms with van der Waals surface area (Å²) in [6.45, 7) is 3.43. The molecule has 0 bridgehead atoms. The molecule has 0 saturated heterocycles. The number of nitrogens with zero attached hydrogens (tertiary/aromatic N) is 2. The Hall–Kier alpha value is -0.500. The second-order valence-corrected chi connectivity index (χ2v) is 7.10. The first-order valence-electron chi connectivity index (χ1n) is 10.4. The molecule has 3 heteroatoms. The smallest absolute Gasteiger partial charge is 0.286 e. The van der Waals surface area contributed by atoms with E-state index in [4.69, 9.17) is 0 Å². The predicted molar refractivity (Wildman–Crippen MR) is 104 cm³/mol. The summed E-state index contributed by atoms with van der Waals surface area (Å²) in [6.07, 6.45) is 28.8. The van der Waals surface area contributed by atoms with Crippen LogP contribution in [-0.4, -0.2) is 17.8 Å². The van der Waals surface area contributed by atoms with Crippen LogP contribution in [0.2, 0.25) is 0 Å². The van der Waals surface area contributed by atoms with Gasteiger partial charge in [-0.25, -0.2) is 4.90 Å². The lowest BCUT2D eigenvalue weighted by Crippen LogP contribution is -3.00. The number of halogens is 1. The fraction of sp³-hybridized carbons (Fsp3) is 0.857. The Bertz CT molecular complexity index is 290. The van der Waals surface area contributed by atoms with Gasteiger partial charge in [0.2, 0.25) is 0 Å². The monoisotopic (exact) mass is 355 g/mol. The summed E-state index contributed by atoms with van der Waals surface area (Å²) in [5.74, 6) is 0. The molecule has 0 aliphatic carbocycles. The molecule has 1 aliphatic rings. The number of unbranched alkanes of at least 4 members (excludes halogenated alkanes) is 15. The van der Waals surface area contributed by atoms with Crippen LogP contribution in [0.5, 0.6) is 0 Å². The first kappa shape index (κ1) is 23.5. The first-order valence-corrected chi connectivity index (χ1v) is 10.4. The highest BCUT2D eigenvalue weighted by molar-refractivity contribution is 5.58. The van der Waals surface area contributed by atoms with Gasteiger partial charge in [-0.05, 0) is 12.8 Å². The average Bonchev–Trinajstić information content (AvgIpc) is 3.08. The number of rotatable bonds is 17. The molecule has 0 N–H and O–H groups in total. The van der Waals surface area contributed by atoms with Gasteiger partial charge in [0, 0.05) is 0 Å². The molecule has 1 heterocycles. The largest absolute Gasteiger partial charge is 1.00 e. The molecule has 0 aromatic heterocycles. The van der Waals surface area contributed by atoms with E-state index >= 15 is 0 Å². The molecule has 141 valence electrons. The van der Waals surface area contributed by atoms with E-state index in [0.717, 1.165) is 6.54 Å². The van der Waals surface area contributed by atoms with Crippen molar-refractivity contribution < 1.29 is 12.4 Å². The fourth-order valence-electron chi connectivity index (χ4n) is 3.26. The van der Waals surface area contributed by atoms with Crippen molar-refractivity contribution in [3.63, 3.8) is 0 Å². The summed E-state index contributed by atoms with van der Waals surface area (Å²) < 4.78 is 0. The number of hydrogen-bond acceptors (Lipinski definition) is 2. The van der Waals surface area contributed by atoms with Crippen LogP contribution in [0.3, 0.4) is 0 Å². The first-order chi connectivity index (χ1) is 11.4. The van der Waals surface area contributed by atoms with Crippen molar-refractivity contribution in [3.8, 4) is 0 Å². The fourth-order valence-corrected chi connectivity index (χ4v) is 3.26. The summed E-state index contributed by atoms with van der Waals surface area (Å²) in [5, 5.41) is 0. The molecule has 0 aromatic rings. The second kappa shape index (κ2) is 18.8. The van der Waals surface area contributed by atoms with E-state index in [1.807, 2.05) is 12.5 Å². The van der Waals surface area contributed by atoms with Crippen molar-refractivity contribution >= 4 is 6.34 Å². The summed E-state index contributed by atoms with van der Waals surface area (Å²) >= 11 is 0. The third kappa shape index (κ3) is 15.1. The molecule has 0 atom stereocenters. The standard InChI is InChI=1S/C21H40N2.ClH/c1-2-3-4-5-6-7-8-9-10-11-12-13-14-15-16-17-19-23-20-18-22-21-23;/h18,20-21H,2-17,19H2,1H3;1H/q+1;/p-1. The van der Waals surface area contributed by atoms with Crippen LogP contribution < -0.4 is 17.4 Å². The third-order valence-corrected chi connectivity index (χ3v) is 4.83. The minimum Gasteiger partial charge on any atom is -1.00 e. The molecule has 0 saturated carbocycles. The van der Waals surface area contributed by atoms with Crippen molar-refractivity contribution in [3.05, 3.63) is 12.4 Å². The predicted octanol–water partition coefficient (Wildman–Crippen LogP) is 3.40. The van der Waals surface area contributed by atoms with E-state index in [2.05, 4.69) is 23.0 Å². The third-order valence-electron chi connectivity index (χ3n) is 4.83. The van der Waals surface area contributed by atoms with Crippen molar-refractivity contribution in [2.45, 2.75) is 110 Å². The van der Waals surface area contributed by atoms with Crippen LogP contribution in [0.25, 0.3) is 0 Å². The molecule has 0 fully saturated rings. The lowest BCUT2D eigenvalue weighted by Gasteiger charge is -2.04. The van der Waals surface area contributed by atoms with Gasteiger partial charge < -0.3 is 12.4 Å². The van der Waals surface area contributed by atoms with Crippen LogP contribution in [0, 0.1) is 0 Å². The van der Waals surface area contributed by atoms with E-state index in [1.54, 1.807) is 0 Å². The number of hydrogen-bond donors (Lipinski definition) is 0. The zero-order valence-corrected chi connectivity index (χ0v) is 16.8. The molecule has 0 aromatic carbocycles. The Morgan fingerprint density at radius 3 is 1.42 bits per heavy atom. The molecule has 1 aliphatic heterocycles. The molecule has 24 heavy (non-hydrogen) atoms. The highest BCUT2D eigenvalue weighted by atomic mass is 35.5. The molecule has 1 rings (SSSR count). The van der Waals surface area contributed by atoms with E-state index in [0.29, 0.717) is 0 Å². The molecule has 1 radical (unpaired) electrons. The highest BCUT2D eigenvalue weighted by Crippen LogP contribution is 2.13. The van der Waals surface area contributed by atoms with Gasteiger partial charge in [0.1, 0.15) is 6.20 Å². The maximum absolute atomic E-state index is 4.08. The second-order valence-electron chi connectivity index (χ2n) is 7.10. The Morgan fingerprint density at radius 2 is 1.04 bits per heavy atom. The minimum atomic E-state index is 0. The lowest BCUT2D eigenvalue weighted by molar-refractivity contribution is -0.00000509. The summed E-state index contributed by atoms with van der Waals surface area (Å²) in [5.41, 5.74) is 0. The maximum atomic E-state index is 4.08. The van der Waals surface area contributed by atoms with Gasteiger partial charge in [-0.1, -0.05) is 102 Å². The minimum absolute atomic E-state index is 0. The normalized spacial score (nSPS) is 12.8. The SMILES string of the molecule is CCCCCCCCCCCCCCCCCCN1C=C[N+]=C1.[Cl-]. The van der Waals surface area contributed by atoms with E-state index in [1.165, 1.54) is 103 Å². The molecular formula is C21H40ClN2. The Kier molecular flexibility index (Phi) is 18.4. The van der Waals surface area contributed by atoms with Crippen molar-refractivity contribution in [1.82, 2.24) is 9.89 Å². The summed E-state index contributed by atoms with van der Waals surface area (Å²) in [7, 11) is 0. The van der Waals surface area contributed by atoms with Crippen LogP contribution in [0.15, 0.2) is 12.4 Å². The van der Waals surface area contributed by atoms with Crippen molar-refractivity contribution in [2.24, 2.45) is 0 Å². The zero-order chi connectivity index (χ0) is 16.4. The van der Waals surface area contributed by atoms with Gasteiger partial charge in [-0.2, -0.15) is 0 Å². The quantitative estimate of drug-likeness (QED) is 0.365. The van der Waals surface area contributed by atoms with E-state index in [-0.39, 0.29) is 12.4 Å². The molecule has 0 spiro atoms. The van der Waals surface area contributed by atoms with Gasteiger partial charge in [-0.3, -0.25) is 0 Å². The Labute approximate surface area is 157 Å². The van der Waals surface area contributed by atoms with Crippen molar-refractivity contribution in [1.29, 1.82) is 0 Å². The van der Waals surface area contributed by atoms with Gasteiger partial charge in [0.05, 0.1) is 6.54 Å². The van der Waals surface area contributed by atoms with Gasteiger partial charge in [-0.15, -0.1) is 0 Å². The molecule has 0 amide bonds. The van der Waals surface area contributed by atoms with E-state index < -0.39 is 0 Å². The van der Waals surface area contributed by atoms with Crippen LogP contribution in [0.1, 0.15) is 110 Å². The Balaban J connectivity index is 0.00000529. The highest BCUT2D eigenvalue weighted by Gasteiger charge is 2.07. The summed E-state index contributed by atoms with van der Waals surface area (Å²) in [4.78, 5) is 6.26. The topological polar surface area (TPSA) is 17.3 Å². The van der Waals surface area contributed by atoms with Crippen molar-refractivity contribution in [2.75, 3.05) is 6.54 Å². The number of aliphatic imine (C=N–C) groups is 1. The molecule has 0 unspecified atom stereocenters. The summed E-state index contributed by atoms with van der Waals surface area (Å²) in [6, 6.07) is 0. The zero-order valence-electron chi connectivity index (χ0n) is 16.0. The average molecular weight is 356 g/mol. The van der Waals surface area contributed by atoms with Gasteiger partial charge >= 0.3 is 0 Å². The van der Waals surface area contributed by atoms with Gasteiger partial charge in [0.15, 0.2) is 6.20 Å². The van der Waals surface area contributed by atoms with Crippen LogP contribution >= 0.6 is 0 Å². The van der Waals surface area contributed by atoms with E-state index in [9.17, 15) is 0 Å².